The van der Waals surface area contributed by atoms with E-state index in [1.807, 2.05) is 6.07 Å². The lowest BCUT2D eigenvalue weighted by Gasteiger charge is -2.28. The van der Waals surface area contributed by atoms with E-state index >= 15 is 0 Å². The highest BCUT2D eigenvalue weighted by atomic mass is 14.5. The monoisotopic (exact) mass is 184 g/mol. The first-order valence-electron chi connectivity index (χ1n) is 5.02. The third kappa shape index (κ3) is 1.66. The molecule has 1 aliphatic rings. The Kier molecular flexibility index (Phi) is 2.56. The Morgan fingerprint density at radius 1 is 1.50 bits per heavy atom. The summed E-state index contributed by atoms with van der Waals surface area (Å²) in [6, 6.07) is 8.40. The molecule has 1 aromatic carbocycles. The highest BCUT2D eigenvalue weighted by Gasteiger charge is 2.33. The third-order valence-corrected chi connectivity index (χ3v) is 2.98. The van der Waals surface area contributed by atoms with Crippen molar-refractivity contribution in [2.75, 3.05) is 0 Å². The van der Waals surface area contributed by atoms with E-state index in [-0.39, 0.29) is 6.71 Å². The summed E-state index contributed by atoms with van der Waals surface area (Å²) in [5.41, 5.74) is 8.11. The van der Waals surface area contributed by atoms with Gasteiger partial charge in [0.2, 0.25) is 0 Å². The van der Waals surface area contributed by atoms with Crippen LogP contribution in [-0.4, -0.2) is 6.71 Å². The van der Waals surface area contributed by atoms with Gasteiger partial charge in [0.25, 0.3) is 6.71 Å². The fourth-order valence-electron chi connectivity index (χ4n) is 1.97. The lowest BCUT2D eigenvalue weighted by Crippen LogP contribution is -2.28. The minimum Gasteiger partial charge on any atom is -0.326 e. The smallest absolute Gasteiger partial charge is 0.269 e. The fourth-order valence-corrected chi connectivity index (χ4v) is 1.97. The molecule has 1 fully saturated rings. The van der Waals surface area contributed by atoms with E-state index in [0.29, 0.717) is 12.5 Å². The lowest BCUT2D eigenvalue weighted by molar-refractivity contribution is 0.771. The Bertz CT molecular complexity index is 364. The summed E-state index contributed by atoms with van der Waals surface area (Å²) in [6.45, 7) is 0.879. The molecule has 0 radical (unpaired) electrons. The van der Waals surface area contributed by atoms with Crippen LogP contribution >= 0.6 is 0 Å². The molecule has 1 aromatic rings. The Labute approximate surface area is 84.8 Å². The first-order chi connectivity index (χ1) is 6.83. The zero-order valence-corrected chi connectivity index (χ0v) is 8.11. The van der Waals surface area contributed by atoms with E-state index in [2.05, 4.69) is 24.2 Å². The molecule has 0 unspecified atom stereocenters. The molecule has 1 aliphatic heterocycles. The summed E-state index contributed by atoms with van der Waals surface area (Å²) >= 11 is 0. The number of nitrogens with two attached hydrogens (primary N) is 1. The maximum absolute atomic E-state index is 8.68. The number of nitrogens with zero attached hydrogens (tertiary/aromatic N) is 1. The molecular formula is C11H13BN2. The summed E-state index contributed by atoms with van der Waals surface area (Å²) in [5.74, 6) is 2.89. The quantitative estimate of drug-likeness (QED) is 0.712. The second-order valence-electron chi connectivity index (χ2n) is 3.94. The van der Waals surface area contributed by atoms with Crippen molar-refractivity contribution in [3.05, 3.63) is 35.4 Å². The molecule has 3 heteroatoms. The molecule has 14 heavy (non-hydrogen) atoms. The standard InChI is InChI=1S/C11H13BN2/c13-7-9-2-1-3-10(4-9)11-5-12(6-11)8-14/h1-4,11H,5-7,13H2. The van der Waals surface area contributed by atoms with Crippen LogP contribution in [0.4, 0.5) is 0 Å². The SMILES string of the molecule is N#CB1CC(c2cccc(CN)c2)C1. The molecule has 2 nitrogen and oxygen atoms in total. The normalized spacial score (nSPS) is 16.1. The van der Waals surface area contributed by atoms with Crippen LogP contribution in [0, 0.1) is 11.2 Å². The van der Waals surface area contributed by atoms with Gasteiger partial charge in [0.1, 0.15) is 0 Å². The van der Waals surface area contributed by atoms with E-state index in [0.717, 1.165) is 12.6 Å². The van der Waals surface area contributed by atoms with Crippen LogP contribution in [0.2, 0.25) is 12.6 Å². The van der Waals surface area contributed by atoms with Gasteiger partial charge in [-0.25, -0.2) is 5.26 Å². The van der Waals surface area contributed by atoms with Gasteiger partial charge in [-0.05, 0) is 17.0 Å². The number of nitriles is 1. The van der Waals surface area contributed by atoms with Crippen LogP contribution in [-0.2, 0) is 6.54 Å². The Hall–Kier alpha value is -1.27. The Morgan fingerprint density at radius 3 is 2.93 bits per heavy atom. The van der Waals surface area contributed by atoms with Crippen LogP contribution in [0.15, 0.2) is 24.3 Å². The molecule has 0 bridgehead atoms. The molecule has 0 saturated carbocycles. The zero-order chi connectivity index (χ0) is 9.97. The average molecular weight is 184 g/mol. The molecule has 0 aromatic heterocycles. The summed E-state index contributed by atoms with van der Waals surface area (Å²) in [6.07, 6.45) is 2.04. The van der Waals surface area contributed by atoms with E-state index in [1.54, 1.807) is 0 Å². The number of hydrogen-bond donors (Lipinski definition) is 1. The van der Waals surface area contributed by atoms with Crippen LogP contribution in [0.3, 0.4) is 0 Å². The van der Waals surface area contributed by atoms with Crippen molar-refractivity contribution in [3.8, 4) is 5.97 Å². The molecule has 70 valence electrons. The van der Waals surface area contributed by atoms with Gasteiger partial charge in [0.15, 0.2) is 0 Å². The van der Waals surface area contributed by atoms with E-state index < -0.39 is 0 Å². The van der Waals surface area contributed by atoms with Crippen LogP contribution in [0.25, 0.3) is 0 Å². The van der Waals surface area contributed by atoms with Crippen molar-refractivity contribution < 1.29 is 0 Å². The minimum atomic E-state index is 0.279. The molecular weight excluding hydrogens is 171 g/mol. The van der Waals surface area contributed by atoms with Gasteiger partial charge in [-0.3, -0.25) is 0 Å². The molecule has 0 aliphatic carbocycles. The van der Waals surface area contributed by atoms with Gasteiger partial charge >= 0.3 is 0 Å². The van der Waals surface area contributed by atoms with E-state index in [1.165, 1.54) is 11.1 Å². The summed E-state index contributed by atoms with van der Waals surface area (Å²) in [4.78, 5) is 0. The molecule has 0 amide bonds. The first kappa shape index (κ1) is 9.30. The van der Waals surface area contributed by atoms with Gasteiger partial charge in [0.05, 0.1) is 0 Å². The summed E-state index contributed by atoms with van der Waals surface area (Å²) in [5, 5.41) is 8.68. The van der Waals surface area contributed by atoms with E-state index in [4.69, 9.17) is 11.0 Å². The van der Waals surface area contributed by atoms with Crippen molar-refractivity contribution in [1.29, 1.82) is 5.26 Å². The lowest BCUT2D eigenvalue weighted by atomic mass is 9.32. The van der Waals surface area contributed by atoms with Crippen LogP contribution in [0.1, 0.15) is 17.0 Å². The number of rotatable bonds is 2. The van der Waals surface area contributed by atoms with Crippen molar-refractivity contribution in [3.63, 3.8) is 0 Å². The molecule has 1 heterocycles. The highest BCUT2D eigenvalue weighted by molar-refractivity contribution is 6.70. The highest BCUT2D eigenvalue weighted by Crippen LogP contribution is 2.37. The minimum absolute atomic E-state index is 0.279. The largest absolute Gasteiger partial charge is 0.326 e. The maximum Gasteiger partial charge on any atom is 0.269 e. The van der Waals surface area contributed by atoms with Gasteiger partial charge < -0.3 is 5.73 Å². The maximum atomic E-state index is 8.68. The van der Waals surface area contributed by atoms with Gasteiger partial charge in [-0.1, -0.05) is 36.9 Å². The molecule has 0 atom stereocenters. The topological polar surface area (TPSA) is 49.8 Å². The van der Waals surface area contributed by atoms with Crippen molar-refractivity contribution in [1.82, 2.24) is 0 Å². The Balaban J connectivity index is 2.08. The van der Waals surface area contributed by atoms with Crippen molar-refractivity contribution >= 4 is 6.71 Å². The molecule has 0 spiro atoms. The number of benzene rings is 1. The van der Waals surface area contributed by atoms with E-state index in [9.17, 15) is 0 Å². The zero-order valence-electron chi connectivity index (χ0n) is 8.11. The fraction of sp³-hybridized carbons (Fsp3) is 0.364. The third-order valence-electron chi connectivity index (χ3n) is 2.98. The molecule has 2 N–H and O–H groups in total. The average Bonchev–Trinajstić information content (AvgIpc) is 2.17. The Morgan fingerprint density at radius 2 is 2.29 bits per heavy atom. The molecule has 2 rings (SSSR count). The number of hydrogen-bond acceptors (Lipinski definition) is 2. The predicted octanol–water partition coefficient (Wildman–Crippen LogP) is 1.80. The molecule has 1 saturated heterocycles. The summed E-state index contributed by atoms with van der Waals surface area (Å²) in [7, 11) is 0. The summed E-state index contributed by atoms with van der Waals surface area (Å²) < 4.78 is 0. The van der Waals surface area contributed by atoms with Crippen LogP contribution < -0.4 is 5.73 Å². The van der Waals surface area contributed by atoms with Gasteiger partial charge in [-0.2, -0.15) is 0 Å². The van der Waals surface area contributed by atoms with Crippen LogP contribution in [0.5, 0.6) is 0 Å². The van der Waals surface area contributed by atoms with Gasteiger partial charge in [0, 0.05) is 12.5 Å². The van der Waals surface area contributed by atoms with Crippen molar-refractivity contribution in [2.45, 2.75) is 25.1 Å². The second-order valence-corrected chi connectivity index (χ2v) is 3.94. The van der Waals surface area contributed by atoms with Gasteiger partial charge in [-0.15, -0.1) is 0 Å². The van der Waals surface area contributed by atoms with Crippen molar-refractivity contribution in [2.24, 2.45) is 5.73 Å². The first-order valence-corrected chi connectivity index (χ1v) is 5.02. The predicted molar refractivity (Wildman–Crippen MR) is 58.1 cm³/mol. The second kappa shape index (κ2) is 3.85.